The number of sulfonamides is 1. The molecule has 9 heteroatoms. The summed E-state index contributed by atoms with van der Waals surface area (Å²) in [7, 11) is -3.33. The Hall–Kier alpha value is -2.00. The van der Waals surface area contributed by atoms with Crippen LogP contribution >= 0.6 is 0 Å². The molecule has 2 aliphatic heterocycles. The zero-order valence-electron chi connectivity index (χ0n) is 16.6. The molecular weight excluding hydrogens is 393 g/mol. The van der Waals surface area contributed by atoms with Crippen LogP contribution in [-0.4, -0.2) is 51.9 Å². The highest BCUT2D eigenvalue weighted by atomic mass is 32.2. The van der Waals surface area contributed by atoms with Crippen LogP contribution < -0.4 is 4.90 Å². The molecule has 5 atom stereocenters. The van der Waals surface area contributed by atoms with Gasteiger partial charge in [-0.3, -0.25) is 0 Å². The van der Waals surface area contributed by atoms with E-state index in [9.17, 15) is 12.8 Å². The summed E-state index contributed by atoms with van der Waals surface area (Å²) >= 11 is 0. The highest BCUT2D eigenvalue weighted by molar-refractivity contribution is 7.89. The van der Waals surface area contributed by atoms with E-state index in [1.54, 1.807) is 25.6 Å². The Balaban J connectivity index is 1.28. The smallest absolute Gasteiger partial charge is 0.217 e. The van der Waals surface area contributed by atoms with E-state index < -0.39 is 10.0 Å². The molecule has 3 heterocycles. The summed E-state index contributed by atoms with van der Waals surface area (Å²) in [5.74, 6) is 0.733. The van der Waals surface area contributed by atoms with E-state index >= 15 is 0 Å². The lowest BCUT2D eigenvalue weighted by molar-refractivity contribution is 0.284. The molecule has 2 aromatic rings. The molecule has 0 spiro atoms. The number of hydrogen-bond donors (Lipinski definition) is 0. The van der Waals surface area contributed by atoms with E-state index in [2.05, 4.69) is 15.1 Å². The van der Waals surface area contributed by atoms with Gasteiger partial charge < -0.3 is 9.47 Å². The number of hydrogen-bond acceptors (Lipinski definition) is 5. The van der Waals surface area contributed by atoms with Crippen LogP contribution in [0.1, 0.15) is 38.3 Å². The van der Waals surface area contributed by atoms with Gasteiger partial charge in [0.15, 0.2) is 0 Å². The van der Waals surface area contributed by atoms with E-state index in [1.807, 2.05) is 17.6 Å². The highest BCUT2D eigenvalue weighted by Crippen LogP contribution is 2.55. The predicted molar refractivity (Wildman–Crippen MR) is 107 cm³/mol. The molecule has 3 aliphatic rings. The van der Waals surface area contributed by atoms with Crippen molar-refractivity contribution >= 4 is 15.7 Å². The minimum Gasteiger partial charge on any atom is -0.368 e. The van der Waals surface area contributed by atoms with Gasteiger partial charge >= 0.3 is 0 Å². The third-order valence-corrected chi connectivity index (χ3v) is 9.33. The Labute approximate surface area is 170 Å². The molecular formula is C20H26FN5O2S. The maximum Gasteiger partial charge on any atom is 0.217 e. The fourth-order valence-electron chi connectivity index (χ4n) is 5.08. The van der Waals surface area contributed by atoms with Crippen molar-refractivity contribution in [2.24, 2.45) is 11.8 Å². The Morgan fingerprint density at radius 2 is 1.79 bits per heavy atom. The number of nitrogens with zero attached hydrogens (tertiary/aromatic N) is 5. The lowest BCUT2D eigenvalue weighted by Crippen LogP contribution is -2.47. The molecule has 0 radical (unpaired) electrons. The summed E-state index contributed by atoms with van der Waals surface area (Å²) < 4.78 is 43.8. The summed E-state index contributed by atoms with van der Waals surface area (Å²) in [5, 5.41) is 7.37. The molecule has 0 unspecified atom stereocenters. The lowest BCUT2D eigenvalue weighted by Gasteiger charge is -2.36. The molecule has 1 aliphatic carbocycles. The van der Waals surface area contributed by atoms with Crippen LogP contribution in [0, 0.1) is 17.7 Å². The van der Waals surface area contributed by atoms with Crippen LogP contribution in [0.15, 0.2) is 30.9 Å². The van der Waals surface area contributed by atoms with Gasteiger partial charge in [-0.2, -0.15) is 4.31 Å². The Bertz CT molecular complexity index is 1000. The van der Waals surface area contributed by atoms with Crippen molar-refractivity contribution in [2.45, 2.75) is 50.6 Å². The fraction of sp³-hybridized carbons (Fsp3) is 0.600. The summed E-state index contributed by atoms with van der Waals surface area (Å²) in [6, 6.07) is 5.53. The van der Waals surface area contributed by atoms with Crippen LogP contribution in [0.4, 0.5) is 10.1 Å². The van der Waals surface area contributed by atoms with E-state index in [1.165, 1.54) is 10.4 Å². The van der Waals surface area contributed by atoms with E-state index in [4.69, 9.17) is 0 Å². The number of fused-ring (bicyclic) bond motifs is 1. The van der Waals surface area contributed by atoms with Gasteiger partial charge in [0.05, 0.1) is 10.9 Å². The maximum atomic E-state index is 14.9. The molecule has 29 heavy (non-hydrogen) atoms. The molecule has 1 aromatic heterocycles. The predicted octanol–water partition coefficient (Wildman–Crippen LogP) is 2.43. The minimum atomic E-state index is -3.33. The average molecular weight is 420 g/mol. The maximum absolute atomic E-state index is 14.9. The number of aromatic nitrogens is 3. The molecule has 156 valence electrons. The highest BCUT2D eigenvalue weighted by Gasteiger charge is 2.57. The fourth-order valence-corrected chi connectivity index (χ4v) is 6.91. The third kappa shape index (κ3) is 3.15. The number of halogens is 1. The van der Waals surface area contributed by atoms with Gasteiger partial charge in [-0.05, 0) is 44.4 Å². The van der Waals surface area contributed by atoms with Gasteiger partial charge in [-0.25, -0.2) is 12.8 Å². The quantitative estimate of drug-likeness (QED) is 0.761. The minimum absolute atomic E-state index is 0.0563. The molecule has 3 fully saturated rings. The van der Waals surface area contributed by atoms with Crippen LogP contribution in [0.5, 0.6) is 0 Å². The van der Waals surface area contributed by atoms with Crippen LogP contribution in [0.2, 0.25) is 0 Å². The molecule has 1 saturated carbocycles. The van der Waals surface area contributed by atoms with E-state index in [0.29, 0.717) is 35.5 Å². The van der Waals surface area contributed by atoms with Crippen molar-refractivity contribution in [3.8, 4) is 0 Å². The molecule has 0 N–H and O–H groups in total. The Morgan fingerprint density at radius 1 is 1.10 bits per heavy atom. The van der Waals surface area contributed by atoms with Crippen molar-refractivity contribution < 1.29 is 12.8 Å². The summed E-state index contributed by atoms with van der Waals surface area (Å²) in [5.41, 5.74) is 1.30. The van der Waals surface area contributed by atoms with Crippen LogP contribution in [0.25, 0.3) is 0 Å². The summed E-state index contributed by atoms with van der Waals surface area (Å²) in [4.78, 5) is 2.09. The van der Waals surface area contributed by atoms with E-state index in [-0.39, 0.29) is 23.7 Å². The van der Waals surface area contributed by atoms with Gasteiger partial charge in [0.25, 0.3) is 0 Å². The first-order chi connectivity index (χ1) is 13.9. The van der Waals surface area contributed by atoms with Gasteiger partial charge in [0.2, 0.25) is 10.0 Å². The van der Waals surface area contributed by atoms with Crippen molar-refractivity contribution in [3.63, 3.8) is 0 Å². The second kappa shape index (κ2) is 6.77. The monoisotopic (exact) mass is 419 g/mol. The van der Waals surface area contributed by atoms with Crippen molar-refractivity contribution in [1.82, 2.24) is 19.1 Å². The largest absolute Gasteiger partial charge is 0.368 e. The number of rotatable bonds is 4. The first-order valence-corrected chi connectivity index (χ1v) is 11.7. The SMILES string of the molecule is C[C@@H]1CC[C@H](C)N(Cc2ccc(N3C[C@@H]4[C@H](C3)[C@H]4n3cnnc3)c(F)c2)S1(=O)=O. The zero-order valence-corrected chi connectivity index (χ0v) is 17.5. The molecule has 0 amide bonds. The Kier molecular flexibility index (Phi) is 4.43. The zero-order chi connectivity index (χ0) is 20.3. The standard InChI is InChI=1S/C20H26FN5O2S/c1-13-3-4-14(2)29(27,28)26(13)8-15-5-6-19(18(21)7-15)24-9-16-17(10-24)20(16)25-11-22-23-12-25/h5-7,11-14,16-17,20H,3-4,8-10H2,1-2H3/t13-,14+,16-,17+,20+/m0/s1. The van der Waals surface area contributed by atoms with Crippen molar-refractivity contribution in [3.05, 3.63) is 42.2 Å². The number of benzene rings is 1. The summed E-state index contributed by atoms with van der Waals surface area (Å²) in [6.45, 7) is 5.55. The molecule has 0 bridgehead atoms. The van der Waals surface area contributed by atoms with E-state index in [0.717, 1.165) is 19.5 Å². The van der Waals surface area contributed by atoms with Gasteiger partial charge in [0, 0.05) is 43.6 Å². The van der Waals surface area contributed by atoms with Crippen LogP contribution in [0.3, 0.4) is 0 Å². The van der Waals surface area contributed by atoms with Gasteiger partial charge in [-0.1, -0.05) is 6.07 Å². The number of anilines is 1. The number of piperidine rings is 1. The molecule has 1 aromatic carbocycles. The van der Waals surface area contributed by atoms with Gasteiger partial charge in [-0.15, -0.1) is 10.2 Å². The topological polar surface area (TPSA) is 71.3 Å². The first kappa shape index (κ1) is 19.0. The third-order valence-electron chi connectivity index (χ3n) is 6.94. The van der Waals surface area contributed by atoms with Crippen LogP contribution in [-0.2, 0) is 16.6 Å². The second-order valence-electron chi connectivity index (χ2n) is 8.75. The normalized spacial score (nSPS) is 33.6. The lowest BCUT2D eigenvalue weighted by atomic mass is 10.1. The molecule has 7 nitrogen and oxygen atoms in total. The molecule has 2 saturated heterocycles. The van der Waals surface area contributed by atoms with Crippen molar-refractivity contribution in [1.29, 1.82) is 0 Å². The first-order valence-electron chi connectivity index (χ1n) is 10.2. The van der Waals surface area contributed by atoms with Gasteiger partial charge in [0.1, 0.15) is 18.5 Å². The Morgan fingerprint density at radius 3 is 2.45 bits per heavy atom. The average Bonchev–Trinajstić information content (AvgIpc) is 3.09. The summed E-state index contributed by atoms with van der Waals surface area (Å²) in [6.07, 6.45) is 5.02. The molecule has 5 rings (SSSR count). The second-order valence-corrected chi connectivity index (χ2v) is 11.0. The van der Waals surface area contributed by atoms with Crippen molar-refractivity contribution in [2.75, 3.05) is 18.0 Å².